The third-order valence-corrected chi connectivity index (χ3v) is 3.37. The van der Waals surface area contributed by atoms with Gasteiger partial charge in [-0.25, -0.2) is 4.98 Å². The number of ketones is 1. The second kappa shape index (κ2) is 5.42. The van der Waals surface area contributed by atoms with Gasteiger partial charge in [-0.2, -0.15) is 0 Å². The smallest absolute Gasteiger partial charge is 0.193 e. The van der Waals surface area contributed by atoms with Crippen molar-refractivity contribution in [3.8, 4) is 0 Å². The van der Waals surface area contributed by atoms with Crippen molar-refractivity contribution in [3.05, 3.63) is 23.5 Å². The van der Waals surface area contributed by atoms with Crippen molar-refractivity contribution in [1.29, 1.82) is 0 Å². The molecule has 0 saturated carbocycles. The summed E-state index contributed by atoms with van der Waals surface area (Å²) in [4.78, 5) is 17.3. The standard InChI is InChI=1S/C12H16N2O2S/c1-3-11(16-4-2)10(15)7-9-8-14-5-6-17-12(14)13-9/h5-6,8,11H,3-4,7H2,1-2H3. The largest absolute Gasteiger partial charge is 0.371 e. The van der Waals surface area contributed by atoms with Crippen LogP contribution in [0.1, 0.15) is 26.0 Å². The Hall–Kier alpha value is -1.20. The second-order valence-electron chi connectivity index (χ2n) is 3.82. The number of hydrogen-bond acceptors (Lipinski definition) is 4. The van der Waals surface area contributed by atoms with Crippen LogP contribution in [-0.4, -0.2) is 27.9 Å². The first-order valence-corrected chi connectivity index (χ1v) is 6.68. The summed E-state index contributed by atoms with van der Waals surface area (Å²) in [6, 6.07) is 0. The Morgan fingerprint density at radius 3 is 3.06 bits per heavy atom. The molecular weight excluding hydrogens is 236 g/mol. The van der Waals surface area contributed by atoms with Crippen LogP contribution in [0.2, 0.25) is 0 Å². The summed E-state index contributed by atoms with van der Waals surface area (Å²) >= 11 is 1.57. The normalized spacial score (nSPS) is 13.1. The lowest BCUT2D eigenvalue weighted by Gasteiger charge is -2.12. The Balaban J connectivity index is 2.05. The van der Waals surface area contributed by atoms with Crippen molar-refractivity contribution >= 4 is 22.1 Å². The molecule has 17 heavy (non-hydrogen) atoms. The average molecular weight is 252 g/mol. The molecule has 0 spiro atoms. The van der Waals surface area contributed by atoms with Gasteiger partial charge >= 0.3 is 0 Å². The maximum atomic E-state index is 12.0. The predicted octanol–water partition coefficient (Wildman–Crippen LogP) is 2.32. The van der Waals surface area contributed by atoms with Gasteiger partial charge in [0.1, 0.15) is 6.10 Å². The molecule has 2 rings (SSSR count). The first kappa shape index (κ1) is 12.3. The van der Waals surface area contributed by atoms with E-state index in [0.717, 1.165) is 17.1 Å². The molecule has 2 aromatic rings. The molecule has 2 aromatic heterocycles. The Labute approximate surface area is 104 Å². The minimum absolute atomic E-state index is 0.111. The monoisotopic (exact) mass is 252 g/mol. The van der Waals surface area contributed by atoms with Crippen LogP contribution in [0.4, 0.5) is 0 Å². The van der Waals surface area contributed by atoms with Crippen molar-refractivity contribution in [2.75, 3.05) is 6.61 Å². The van der Waals surface area contributed by atoms with E-state index in [4.69, 9.17) is 4.74 Å². The van der Waals surface area contributed by atoms with E-state index in [-0.39, 0.29) is 11.9 Å². The average Bonchev–Trinajstić information content (AvgIpc) is 2.85. The van der Waals surface area contributed by atoms with Crippen LogP contribution in [0.25, 0.3) is 4.96 Å². The highest BCUT2D eigenvalue weighted by molar-refractivity contribution is 7.15. The number of imidazole rings is 1. The van der Waals surface area contributed by atoms with Gasteiger partial charge < -0.3 is 4.74 Å². The number of Topliss-reactive ketones (excluding diaryl/α,β-unsaturated/α-hetero) is 1. The predicted molar refractivity (Wildman–Crippen MR) is 67.5 cm³/mol. The van der Waals surface area contributed by atoms with Crippen molar-refractivity contribution in [1.82, 2.24) is 9.38 Å². The molecule has 0 fully saturated rings. The first-order chi connectivity index (χ1) is 8.24. The van der Waals surface area contributed by atoms with E-state index in [1.807, 2.05) is 36.0 Å². The summed E-state index contributed by atoms with van der Waals surface area (Å²) in [6.45, 7) is 4.44. The molecule has 0 saturated heterocycles. The molecule has 4 nitrogen and oxygen atoms in total. The van der Waals surface area contributed by atoms with Crippen LogP contribution in [0.15, 0.2) is 17.8 Å². The van der Waals surface area contributed by atoms with Crippen molar-refractivity contribution < 1.29 is 9.53 Å². The fourth-order valence-electron chi connectivity index (χ4n) is 1.79. The zero-order valence-electron chi connectivity index (χ0n) is 10.0. The summed E-state index contributed by atoms with van der Waals surface area (Å²) < 4.78 is 7.34. The number of ether oxygens (including phenoxy) is 1. The fourth-order valence-corrected chi connectivity index (χ4v) is 2.51. The third kappa shape index (κ3) is 2.73. The van der Waals surface area contributed by atoms with Gasteiger partial charge in [0.15, 0.2) is 10.7 Å². The fraction of sp³-hybridized carbons (Fsp3) is 0.500. The van der Waals surface area contributed by atoms with E-state index < -0.39 is 0 Å². The van der Waals surface area contributed by atoms with Crippen LogP contribution < -0.4 is 0 Å². The molecule has 5 heteroatoms. The minimum Gasteiger partial charge on any atom is -0.371 e. The van der Waals surface area contributed by atoms with Gasteiger partial charge in [-0.3, -0.25) is 9.20 Å². The molecule has 1 atom stereocenters. The molecule has 0 N–H and O–H groups in total. The number of nitrogens with zero attached hydrogens (tertiary/aromatic N) is 2. The molecule has 0 amide bonds. The Bertz CT molecular complexity index is 475. The van der Waals surface area contributed by atoms with Gasteiger partial charge in [-0.05, 0) is 13.3 Å². The highest BCUT2D eigenvalue weighted by Crippen LogP contribution is 2.13. The SMILES string of the molecule is CCOC(CC)C(=O)Cc1cn2ccsc2n1. The third-order valence-electron chi connectivity index (χ3n) is 2.60. The highest BCUT2D eigenvalue weighted by atomic mass is 32.1. The number of carbonyl (C=O) groups is 1. The molecule has 92 valence electrons. The van der Waals surface area contributed by atoms with E-state index in [2.05, 4.69) is 4.98 Å². The highest BCUT2D eigenvalue weighted by Gasteiger charge is 2.18. The van der Waals surface area contributed by atoms with Crippen LogP contribution >= 0.6 is 11.3 Å². The van der Waals surface area contributed by atoms with Gasteiger partial charge in [-0.15, -0.1) is 11.3 Å². The lowest BCUT2D eigenvalue weighted by molar-refractivity contribution is -0.129. The molecule has 0 aliphatic rings. The van der Waals surface area contributed by atoms with E-state index in [0.29, 0.717) is 13.0 Å². The summed E-state index contributed by atoms with van der Waals surface area (Å²) in [6.07, 6.45) is 4.63. The zero-order chi connectivity index (χ0) is 12.3. The van der Waals surface area contributed by atoms with E-state index in [1.54, 1.807) is 11.3 Å². The lowest BCUT2D eigenvalue weighted by Crippen LogP contribution is -2.25. The summed E-state index contributed by atoms with van der Waals surface area (Å²) in [5.41, 5.74) is 0.819. The number of hydrogen-bond donors (Lipinski definition) is 0. The molecule has 0 aliphatic heterocycles. The first-order valence-electron chi connectivity index (χ1n) is 5.80. The number of carbonyl (C=O) groups excluding carboxylic acids is 1. The van der Waals surface area contributed by atoms with Crippen molar-refractivity contribution in [2.45, 2.75) is 32.8 Å². The zero-order valence-corrected chi connectivity index (χ0v) is 10.9. The Morgan fingerprint density at radius 1 is 1.59 bits per heavy atom. The van der Waals surface area contributed by atoms with Crippen LogP contribution in [0, 0.1) is 0 Å². The number of rotatable bonds is 6. The maximum Gasteiger partial charge on any atom is 0.193 e. The lowest BCUT2D eigenvalue weighted by atomic mass is 10.1. The van der Waals surface area contributed by atoms with Gasteiger partial charge in [0, 0.05) is 24.4 Å². The molecule has 0 aromatic carbocycles. The van der Waals surface area contributed by atoms with Crippen LogP contribution in [-0.2, 0) is 16.0 Å². The van der Waals surface area contributed by atoms with Gasteiger partial charge in [0.2, 0.25) is 0 Å². The molecular formula is C12H16N2O2S. The van der Waals surface area contributed by atoms with E-state index in [9.17, 15) is 4.79 Å². The Kier molecular flexibility index (Phi) is 3.91. The molecule has 0 aliphatic carbocycles. The van der Waals surface area contributed by atoms with Crippen molar-refractivity contribution in [2.24, 2.45) is 0 Å². The van der Waals surface area contributed by atoms with E-state index >= 15 is 0 Å². The molecule has 2 heterocycles. The second-order valence-corrected chi connectivity index (χ2v) is 4.69. The number of thiazole rings is 1. The van der Waals surface area contributed by atoms with E-state index in [1.165, 1.54) is 0 Å². The summed E-state index contributed by atoms with van der Waals surface area (Å²) in [7, 11) is 0. The van der Waals surface area contributed by atoms with Gasteiger partial charge in [0.05, 0.1) is 12.1 Å². The summed E-state index contributed by atoms with van der Waals surface area (Å²) in [5.74, 6) is 0.111. The number of fused-ring (bicyclic) bond motifs is 1. The van der Waals surface area contributed by atoms with Crippen LogP contribution in [0.5, 0.6) is 0 Å². The maximum absolute atomic E-state index is 12.0. The van der Waals surface area contributed by atoms with Gasteiger partial charge in [-0.1, -0.05) is 6.92 Å². The quantitative estimate of drug-likeness (QED) is 0.792. The van der Waals surface area contributed by atoms with Crippen LogP contribution in [0.3, 0.4) is 0 Å². The Morgan fingerprint density at radius 2 is 2.41 bits per heavy atom. The summed E-state index contributed by atoms with van der Waals surface area (Å²) in [5, 5.41) is 1.98. The molecule has 0 bridgehead atoms. The molecule has 0 radical (unpaired) electrons. The van der Waals surface area contributed by atoms with Gasteiger partial charge in [0.25, 0.3) is 0 Å². The topological polar surface area (TPSA) is 43.6 Å². The number of aromatic nitrogens is 2. The molecule has 1 unspecified atom stereocenters. The van der Waals surface area contributed by atoms with Crippen molar-refractivity contribution in [3.63, 3.8) is 0 Å². The minimum atomic E-state index is -0.292.